The lowest BCUT2D eigenvalue weighted by molar-refractivity contribution is 0.0285. The van der Waals surface area contributed by atoms with E-state index in [0.717, 1.165) is 3.97 Å². The number of carbonyl (C=O) groups excluding carboxylic acids is 1. The third-order valence-electron chi connectivity index (χ3n) is 4.35. The first kappa shape index (κ1) is 23.9. The molecule has 3 rings (SSSR count). The molecule has 0 unspecified atom stereocenters. The zero-order valence-electron chi connectivity index (χ0n) is 18.0. The highest BCUT2D eigenvalue weighted by Gasteiger charge is 2.25. The summed E-state index contributed by atoms with van der Waals surface area (Å²) in [4.78, 5) is 17.5. The number of hydrogen-bond donors (Lipinski definition) is 0. The van der Waals surface area contributed by atoms with Gasteiger partial charge in [0.2, 0.25) is 0 Å². The molecule has 1 aromatic carbocycles. The van der Waals surface area contributed by atoms with Gasteiger partial charge in [0.25, 0.3) is 10.0 Å². The minimum absolute atomic E-state index is 0.0629. The van der Waals surface area contributed by atoms with Crippen molar-refractivity contribution in [2.24, 2.45) is 0 Å². The van der Waals surface area contributed by atoms with E-state index in [0.29, 0.717) is 10.0 Å². The van der Waals surface area contributed by atoms with Crippen molar-refractivity contribution in [2.75, 3.05) is 7.05 Å². The number of carbonyl (C=O) groups is 1. The van der Waals surface area contributed by atoms with E-state index in [1.165, 1.54) is 47.8 Å². The monoisotopic (exact) mass is 523 g/mol. The Morgan fingerprint density at radius 2 is 1.91 bits per heavy atom. The maximum Gasteiger partial charge on any atom is 0.410 e. The van der Waals surface area contributed by atoms with Crippen LogP contribution in [0.2, 0.25) is 0 Å². The molecular weight excluding hydrogens is 501 g/mol. The molecule has 0 saturated carbocycles. The van der Waals surface area contributed by atoms with Crippen LogP contribution in [0.1, 0.15) is 26.3 Å². The number of benzene rings is 1. The van der Waals surface area contributed by atoms with Crippen molar-refractivity contribution < 1.29 is 22.3 Å². The van der Waals surface area contributed by atoms with Crippen LogP contribution in [0.4, 0.5) is 9.18 Å². The smallest absolute Gasteiger partial charge is 0.410 e. The number of aromatic nitrogens is 2. The summed E-state index contributed by atoms with van der Waals surface area (Å²) in [5.74, 6) is -0.568. The first-order valence-electron chi connectivity index (χ1n) is 9.65. The number of pyridine rings is 1. The number of nitrogens with zero attached hydrogens (tertiary/aromatic N) is 3. The van der Waals surface area contributed by atoms with Gasteiger partial charge in [-0.2, -0.15) is 0 Å². The fourth-order valence-electron chi connectivity index (χ4n) is 2.97. The SMILES string of the molecule is CN(Cc1cc(-c2ccccc2F)n(S(=O)(=O)c2cncc(Br)c2)c1)C(=O)OC(C)(C)C. The summed E-state index contributed by atoms with van der Waals surface area (Å²) in [6.07, 6.45) is 3.50. The Morgan fingerprint density at radius 1 is 1.22 bits per heavy atom. The molecule has 32 heavy (non-hydrogen) atoms. The van der Waals surface area contributed by atoms with Crippen LogP contribution in [-0.4, -0.2) is 41.0 Å². The average molecular weight is 524 g/mol. The predicted octanol–water partition coefficient (Wildman–Crippen LogP) is 5.06. The molecule has 0 bridgehead atoms. The van der Waals surface area contributed by atoms with Crippen molar-refractivity contribution in [2.45, 2.75) is 37.8 Å². The van der Waals surface area contributed by atoms with E-state index >= 15 is 0 Å². The van der Waals surface area contributed by atoms with E-state index < -0.39 is 27.5 Å². The Hall–Kier alpha value is -2.72. The predicted molar refractivity (Wildman–Crippen MR) is 122 cm³/mol. The van der Waals surface area contributed by atoms with Crippen molar-refractivity contribution in [3.8, 4) is 11.3 Å². The van der Waals surface area contributed by atoms with E-state index in [-0.39, 0.29) is 22.7 Å². The van der Waals surface area contributed by atoms with E-state index in [1.54, 1.807) is 40.0 Å². The Morgan fingerprint density at radius 3 is 2.53 bits per heavy atom. The van der Waals surface area contributed by atoms with Gasteiger partial charge >= 0.3 is 6.09 Å². The molecule has 3 aromatic rings. The van der Waals surface area contributed by atoms with Gasteiger partial charge < -0.3 is 9.64 Å². The summed E-state index contributed by atoms with van der Waals surface area (Å²) < 4.78 is 48.2. The molecule has 2 aromatic heterocycles. The Balaban J connectivity index is 2.07. The molecule has 0 saturated heterocycles. The highest BCUT2D eigenvalue weighted by molar-refractivity contribution is 9.10. The standard InChI is InChI=1S/C22H23BrFN3O4S/c1-22(2,3)31-21(28)26(4)13-15-9-20(18-7-5-6-8-19(18)24)27(14-15)32(29,30)17-10-16(23)11-25-12-17/h5-12,14H,13H2,1-4H3. The molecule has 0 aliphatic carbocycles. The van der Waals surface area contributed by atoms with E-state index in [9.17, 15) is 17.6 Å². The normalized spacial score (nSPS) is 11.9. The molecule has 10 heteroatoms. The zero-order chi connectivity index (χ0) is 23.7. The second kappa shape index (κ2) is 9.03. The zero-order valence-corrected chi connectivity index (χ0v) is 20.4. The maximum atomic E-state index is 14.6. The lowest BCUT2D eigenvalue weighted by Crippen LogP contribution is -2.33. The van der Waals surface area contributed by atoms with E-state index in [4.69, 9.17) is 4.74 Å². The summed E-state index contributed by atoms with van der Waals surface area (Å²) in [5.41, 5.74) is 0.0659. The van der Waals surface area contributed by atoms with Gasteiger partial charge in [-0.05, 0) is 66.5 Å². The second-order valence-electron chi connectivity index (χ2n) is 8.19. The first-order valence-corrected chi connectivity index (χ1v) is 11.9. The average Bonchev–Trinajstić information content (AvgIpc) is 3.11. The van der Waals surface area contributed by atoms with Crippen LogP contribution in [0.3, 0.4) is 0 Å². The van der Waals surface area contributed by atoms with Crippen molar-refractivity contribution in [1.82, 2.24) is 13.9 Å². The third-order valence-corrected chi connectivity index (χ3v) is 6.43. The highest BCUT2D eigenvalue weighted by Crippen LogP contribution is 2.30. The fraction of sp³-hybridized carbons (Fsp3) is 0.273. The molecular formula is C22H23BrFN3O4S. The summed E-state index contributed by atoms with van der Waals surface area (Å²) in [6, 6.07) is 8.86. The van der Waals surface area contributed by atoms with Crippen molar-refractivity contribution >= 4 is 32.0 Å². The summed E-state index contributed by atoms with van der Waals surface area (Å²) >= 11 is 3.23. The lowest BCUT2D eigenvalue weighted by Gasteiger charge is -2.24. The molecule has 170 valence electrons. The third kappa shape index (κ3) is 5.36. The Kier molecular flexibility index (Phi) is 6.75. The molecule has 0 spiro atoms. The molecule has 7 nitrogen and oxygen atoms in total. The topological polar surface area (TPSA) is 81.5 Å². The van der Waals surface area contributed by atoms with Gasteiger partial charge in [-0.15, -0.1) is 0 Å². The quantitative estimate of drug-likeness (QED) is 0.467. The molecule has 0 aliphatic rings. The number of hydrogen-bond acceptors (Lipinski definition) is 5. The number of halogens is 2. The minimum Gasteiger partial charge on any atom is -0.444 e. The number of rotatable bonds is 5. The summed E-state index contributed by atoms with van der Waals surface area (Å²) in [5, 5.41) is 0. The van der Waals surface area contributed by atoms with E-state index in [2.05, 4.69) is 20.9 Å². The first-order chi connectivity index (χ1) is 14.9. The largest absolute Gasteiger partial charge is 0.444 e. The summed E-state index contributed by atoms with van der Waals surface area (Å²) in [7, 11) is -2.56. The molecule has 2 heterocycles. The van der Waals surface area contributed by atoms with Crippen LogP contribution in [0.25, 0.3) is 11.3 Å². The maximum absolute atomic E-state index is 14.6. The van der Waals surface area contributed by atoms with Crippen molar-refractivity contribution in [3.63, 3.8) is 0 Å². The fourth-order valence-corrected chi connectivity index (χ4v) is 4.87. The molecule has 0 radical (unpaired) electrons. The molecule has 0 N–H and O–H groups in total. The van der Waals surface area contributed by atoms with Crippen LogP contribution in [0.15, 0.2) is 64.4 Å². The van der Waals surface area contributed by atoms with Gasteiger partial charge in [-0.1, -0.05) is 12.1 Å². The highest BCUT2D eigenvalue weighted by atomic mass is 79.9. The van der Waals surface area contributed by atoms with Crippen LogP contribution in [0.5, 0.6) is 0 Å². The van der Waals surface area contributed by atoms with Gasteiger partial charge in [-0.25, -0.2) is 21.6 Å². The Labute approximate surface area is 195 Å². The number of ether oxygens (including phenoxy) is 1. The molecule has 0 atom stereocenters. The van der Waals surface area contributed by atoms with Gasteiger partial charge in [0, 0.05) is 35.7 Å². The Bertz CT molecular complexity index is 1250. The van der Waals surface area contributed by atoms with Crippen LogP contribution >= 0.6 is 15.9 Å². The second-order valence-corrected chi connectivity index (χ2v) is 10.9. The van der Waals surface area contributed by atoms with Gasteiger partial charge in [-0.3, -0.25) is 4.98 Å². The molecule has 1 amide bonds. The summed E-state index contributed by atoms with van der Waals surface area (Å²) in [6.45, 7) is 5.33. The van der Waals surface area contributed by atoms with Crippen LogP contribution in [-0.2, 0) is 21.3 Å². The van der Waals surface area contributed by atoms with Crippen molar-refractivity contribution in [3.05, 3.63) is 70.8 Å². The lowest BCUT2D eigenvalue weighted by atomic mass is 10.1. The van der Waals surface area contributed by atoms with Crippen LogP contribution < -0.4 is 0 Å². The number of amides is 1. The van der Waals surface area contributed by atoms with E-state index in [1.807, 2.05) is 0 Å². The van der Waals surface area contributed by atoms with Gasteiger partial charge in [0.05, 0.1) is 12.2 Å². The molecule has 0 fully saturated rings. The molecule has 0 aliphatic heterocycles. The van der Waals surface area contributed by atoms with Crippen molar-refractivity contribution in [1.29, 1.82) is 0 Å². The van der Waals surface area contributed by atoms with Gasteiger partial charge in [0.1, 0.15) is 16.3 Å². The minimum atomic E-state index is -4.10. The van der Waals surface area contributed by atoms with Gasteiger partial charge in [0.15, 0.2) is 0 Å². The van der Waals surface area contributed by atoms with Crippen LogP contribution in [0, 0.1) is 5.82 Å².